The molecule has 6 nitrogen and oxygen atoms in total. The van der Waals surface area contributed by atoms with Crippen molar-refractivity contribution in [3.8, 4) is 0 Å². The van der Waals surface area contributed by atoms with Gasteiger partial charge < -0.3 is 10.2 Å². The van der Waals surface area contributed by atoms with E-state index in [9.17, 15) is 9.18 Å². The molecule has 0 unspecified atom stereocenters. The van der Waals surface area contributed by atoms with Gasteiger partial charge in [-0.15, -0.1) is 10.2 Å². The van der Waals surface area contributed by atoms with Crippen molar-refractivity contribution in [3.63, 3.8) is 0 Å². The molecule has 0 saturated carbocycles. The lowest BCUT2D eigenvalue weighted by Gasteiger charge is -2.32. The Bertz CT molecular complexity index is 954. The minimum Gasteiger partial charge on any atom is -0.340 e. The van der Waals surface area contributed by atoms with Crippen LogP contribution in [0.25, 0.3) is 5.65 Å². The second kappa shape index (κ2) is 6.74. The van der Waals surface area contributed by atoms with E-state index >= 15 is 0 Å². The summed E-state index contributed by atoms with van der Waals surface area (Å²) >= 11 is 0. The van der Waals surface area contributed by atoms with Crippen molar-refractivity contribution in [2.75, 3.05) is 23.3 Å². The van der Waals surface area contributed by atoms with Crippen molar-refractivity contribution in [3.05, 3.63) is 54.0 Å². The molecule has 26 heavy (non-hydrogen) atoms. The van der Waals surface area contributed by atoms with E-state index in [0.29, 0.717) is 17.8 Å². The monoisotopic (exact) mass is 353 g/mol. The Balaban J connectivity index is 1.51. The Kier molecular flexibility index (Phi) is 4.28. The van der Waals surface area contributed by atoms with E-state index in [1.807, 2.05) is 28.8 Å². The van der Waals surface area contributed by atoms with Gasteiger partial charge in [0, 0.05) is 30.5 Å². The fraction of sp³-hybridized carbons (Fsp3) is 0.316. The predicted molar refractivity (Wildman–Crippen MR) is 97.7 cm³/mol. The van der Waals surface area contributed by atoms with Crippen LogP contribution in [0.5, 0.6) is 0 Å². The maximum atomic E-state index is 13.7. The summed E-state index contributed by atoms with van der Waals surface area (Å²) in [5.41, 5.74) is 1.77. The lowest BCUT2D eigenvalue weighted by molar-refractivity contribution is -0.120. The number of carbonyl (C=O) groups excluding carboxylic acids is 1. The minimum atomic E-state index is -0.317. The van der Waals surface area contributed by atoms with Crippen LogP contribution < -0.4 is 10.2 Å². The van der Waals surface area contributed by atoms with Gasteiger partial charge in [-0.2, -0.15) is 0 Å². The third kappa shape index (κ3) is 3.00. The van der Waals surface area contributed by atoms with Gasteiger partial charge in [0.05, 0.1) is 5.92 Å². The zero-order valence-corrected chi connectivity index (χ0v) is 14.5. The molecule has 2 aromatic heterocycles. The number of fused-ring (bicyclic) bond motifs is 1. The number of carbonyl (C=O) groups is 1. The van der Waals surface area contributed by atoms with Crippen LogP contribution in [0.3, 0.4) is 0 Å². The third-order valence-corrected chi connectivity index (χ3v) is 4.90. The number of nitrogens with one attached hydrogen (secondary N) is 1. The largest absolute Gasteiger partial charge is 0.340 e. The minimum absolute atomic E-state index is 0.0859. The van der Waals surface area contributed by atoms with Crippen LogP contribution in [0.2, 0.25) is 0 Å². The maximum Gasteiger partial charge on any atom is 0.231 e. The molecule has 1 amide bonds. The SMILES string of the molecule is Cc1c(F)cccc1NC(=O)[C@H]1CCCN(c2nnc3ccccn23)C1. The highest BCUT2D eigenvalue weighted by atomic mass is 19.1. The fourth-order valence-corrected chi connectivity index (χ4v) is 3.39. The average Bonchev–Trinajstić information content (AvgIpc) is 3.10. The highest BCUT2D eigenvalue weighted by Gasteiger charge is 2.28. The molecule has 1 atom stereocenters. The van der Waals surface area contributed by atoms with Crippen LogP contribution >= 0.6 is 0 Å². The van der Waals surface area contributed by atoms with Crippen LogP contribution in [0.4, 0.5) is 16.0 Å². The Morgan fingerprint density at radius 2 is 2.12 bits per heavy atom. The molecule has 4 rings (SSSR count). The molecule has 7 heteroatoms. The van der Waals surface area contributed by atoms with Crippen LogP contribution in [-0.4, -0.2) is 33.6 Å². The zero-order chi connectivity index (χ0) is 18.1. The number of rotatable bonds is 3. The average molecular weight is 353 g/mol. The van der Waals surface area contributed by atoms with Crippen molar-refractivity contribution in [1.82, 2.24) is 14.6 Å². The quantitative estimate of drug-likeness (QED) is 0.786. The lowest BCUT2D eigenvalue weighted by atomic mass is 9.97. The topological polar surface area (TPSA) is 62.5 Å². The number of piperidine rings is 1. The molecule has 1 aliphatic heterocycles. The van der Waals surface area contributed by atoms with Gasteiger partial charge in [-0.05, 0) is 44.0 Å². The first kappa shape index (κ1) is 16.5. The number of benzene rings is 1. The number of amides is 1. The molecule has 134 valence electrons. The fourth-order valence-electron chi connectivity index (χ4n) is 3.39. The summed E-state index contributed by atoms with van der Waals surface area (Å²) in [7, 11) is 0. The number of anilines is 2. The zero-order valence-electron chi connectivity index (χ0n) is 14.5. The van der Waals surface area contributed by atoms with Crippen molar-refractivity contribution < 1.29 is 9.18 Å². The molecule has 3 aromatic rings. The van der Waals surface area contributed by atoms with E-state index in [1.54, 1.807) is 19.1 Å². The van der Waals surface area contributed by atoms with Gasteiger partial charge in [-0.1, -0.05) is 12.1 Å². The number of hydrogen-bond acceptors (Lipinski definition) is 4. The molecule has 0 spiro atoms. The number of nitrogens with zero attached hydrogens (tertiary/aromatic N) is 4. The summed E-state index contributed by atoms with van der Waals surface area (Å²) in [5, 5.41) is 11.3. The van der Waals surface area contributed by atoms with Crippen molar-refractivity contribution in [2.45, 2.75) is 19.8 Å². The van der Waals surface area contributed by atoms with Crippen LogP contribution in [0.15, 0.2) is 42.6 Å². The van der Waals surface area contributed by atoms with E-state index in [2.05, 4.69) is 20.4 Å². The molecule has 0 radical (unpaired) electrons. The van der Waals surface area contributed by atoms with E-state index in [0.717, 1.165) is 31.0 Å². The summed E-state index contributed by atoms with van der Waals surface area (Å²) in [6, 6.07) is 10.5. The number of hydrogen-bond donors (Lipinski definition) is 1. The summed E-state index contributed by atoms with van der Waals surface area (Å²) in [6.07, 6.45) is 3.61. The smallest absolute Gasteiger partial charge is 0.231 e. The van der Waals surface area contributed by atoms with Crippen LogP contribution in [-0.2, 0) is 4.79 Å². The standard InChI is InChI=1S/C19H20FN5O/c1-13-15(20)7-4-8-16(13)21-18(26)14-6-5-10-24(12-14)19-23-22-17-9-2-3-11-25(17)19/h2-4,7-9,11,14H,5-6,10,12H2,1H3,(H,21,26)/t14-/m0/s1. The van der Waals surface area contributed by atoms with Gasteiger partial charge in [0.15, 0.2) is 5.65 Å². The van der Waals surface area contributed by atoms with Crippen LogP contribution in [0, 0.1) is 18.7 Å². The van der Waals surface area contributed by atoms with Gasteiger partial charge in [-0.25, -0.2) is 4.39 Å². The normalized spacial score (nSPS) is 17.5. The molecule has 3 heterocycles. The van der Waals surface area contributed by atoms with Crippen molar-refractivity contribution in [1.29, 1.82) is 0 Å². The second-order valence-corrected chi connectivity index (χ2v) is 6.62. The molecular weight excluding hydrogens is 333 g/mol. The van der Waals surface area contributed by atoms with E-state index in [1.165, 1.54) is 6.07 Å². The van der Waals surface area contributed by atoms with Crippen LogP contribution in [0.1, 0.15) is 18.4 Å². The van der Waals surface area contributed by atoms with Gasteiger partial charge in [0.25, 0.3) is 0 Å². The number of pyridine rings is 1. The first-order chi connectivity index (χ1) is 12.6. The molecule has 0 bridgehead atoms. The highest BCUT2D eigenvalue weighted by Crippen LogP contribution is 2.24. The third-order valence-electron chi connectivity index (χ3n) is 4.90. The predicted octanol–water partition coefficient (Wildman–Crippen LogP) is 3.03. The Labute approximate surface area is 150 Å². The van der Waals surface area contributed by atoms with Gasteiger partial charge in [-0.3, -0.25) is 9.20 Å². The molecule has 1 fully saturated rings. The van der Waals surface area contributed by atoms with Gasteiger partial charge in [0.2, 0.25) is 11.9 Å². The summed E-state index contributed by atoms with van der Waals surface area (Å²) in [6.45, 7) is 3.06. The Morgan fingerprint density at radius 3 is 3.00 bits per heavy atom. The molecular formula is C19H20FN5O. The molecule has 1 aliphatic rings. The Morgan fingerprint density at radius 1 is 1.23 bits per heavy atom. The van der Waals surface area contributed by atoms with Crippen molar-refractivity contribution in [2.24, 2.45) is 5.92 Å². The first-order valence-electron chi connectivity index (χ1n) is 8.74. The molecule has 0 aliphatic carbocycles. The number of halogens is 1. The number of aromatic nitrogens is 3. The molecule has 1 N–H and O–H groups in total. The maximum absolute atomic E-state index is 13.7. The van der Waals surface area contributed by atoms with E-state index in [4.69, 9.17) is 0 Å². The van der Waals surface area contributed by atoms with Gasteiger partial charge >= 0.3 is 0 Å². The van der Waals surface area contributed by atoms with E-state index < -0.39 is 0 Å². The van der Waals surface area contributed by atoms with Gasteiger partial charge in [0.1, 0.15) is 5.82 Å². The highest BCUT2D eigenvalue weighted by molar-refractivity contribution is 5.93. The second-order valence-electron chi connectivity index (χ2n) is 6.62. The summed E-state index contributed by atoms with van der Waals surface area (Å²) in [4.78, 5) is 14.8. The molecule has 1 aromatic carbocycles. The Hall–Kier alpha value is -2.96. The summed E-state index contributed by atoms with van der Waals surface area (Å²) in [5.74, 6) is 0.169. The summed E-state index contributed by atoms with van der Waals surface area (Å²) < 4.78 is 15.6. The van der Waals surface area contributed by atoms with Crippen molar-refractivity contribution >= 4 is 23.2 Å². The first-order valence-corrected chi connectivity index (χ1v) is 8.74. The lowest BCUT2D eigenvalue weighted by Crippen LogP contribution is -2.41. The van der Waals surface area contributed by atoms with E-state index in [-0.39, 0.29) is 17.6 Å². The molecule has 1 saturated heterocycles.